The topological polar surface area (TPSA) is 51.4 Å². The third-order valence-electron chi connectivity index (χ3n) is 3.77. The quantitative estimate of drug-likeness (QED) is 0.567. The van der Waals surface area contributed by atoms with E-state index in [1.807, 2.05) is 42.5 Å². The molecule has 6 heteroatoms. The van der Waals surface area contributed by atoms with Gasteiger partial charge in [-0.25, -0.2) is 0 Å². The van der Waals surface area contributed by atoms with E-state index < -0.39 is 0 Å². The smallest absolute Gasteiger partial charge is 0.241 e. The molecule has 0 N–H and O–H groups in total. The number of methoxy groups -OCH3 is 1. The summed E-state index contributed by atoms with van der Waals surface area (Å²) in [6, 6.07) is 18.2. The summed E-state index contributed by atoms with van der Waals surface area (Å²) in [6.45, 7) is 2.83. The molecular formula is C19H20BrN3O2. The highest BCUT2D eigenvalue weighted by atomic mass is 79.9. The Morgan fingerprint density at radius 1 is 1.08 bits per heavy atom. The minimum atomic E-state index is 0.583. The van der Waals surface area contributed by atoms with Gasteiger partial charge in [0.15, 0.2) is 0 Å². The fourth-order valence-corrected chi connectivity index (χ4v) is 2.93. The van der Waals surface area contributed by atoms with Crippen molar-refractivity contribution in [1.82, 2.24) is 15.0 Å². The first-order chi connectivity index (χ1) is 12.2. The average molecular weight is 402 g/mol. The molecule has 0 bridgehead atoms. The van der Waals surface area contributed by atoms with Crippen molar-refractivity contribution in [2.24, 2.45) is 0 Å². The van der Waals surface area contributed by atoms with E-state index in [-0.39, 0.29) is 0 Å². The molecule has 0 saturated heterocycles. The summed E-state index contributed by atoms with van der Waals surface area (Å²) in [5.74, 6) is 1.20. The molecule has 0 radical (unpaired) electrons. The first kappa shape index (κ1) is 17.8. The van der Waals surface area contributed by atoms with Crippen LogP contribution in [0, 0.1) is 0 Å². The largest absolute Gasteiger partial charge is 0.383 e. The van der Waals surface area contributed by atoms with E-state index in [9.17, 15) is 0 Å². The van der Waals surface area contributed by atoms with Crippen LogP contribution in [0.4, 0.5) is 0 Å². The van der Waals surface area contributed by atoms with Crippen LogP contribution in [0.15, 0.2) is 63.6 Å². The van der Waals surface area contributed by atoms with E-state index in [2.05, 4.69) is 43.1 Å². The zero-order valence-corrected chi connectivity index (χ0v) is 15.6. The van der Waals surface area contributed by atoms with Crippen LogP contribution in [0.2, 0.25) is 0 Å². The second-order valence-electron chi connectivity index (χ2n) is 5.71. The molecule has 130 valence electrons. The molecule has 0 fully saturated rings. The van der Waals surface area contributed by atoms with E-state index in [4.69, 9.17) is 9.26 Å². The first-order valence-corrected chi connectivity index (χ1v) is 8.87. The van der Waals surface area contributed by atoms with Crippen molar-refractivity contribution in [3.8, 4) is 11.4 Å². The number of benzene rings is 2. The zero-order valence-electron chi connectivity index (χ0n) is 14.1. The molecule has 0 aliphatic heterocycles. The number of rotatable bonds is 8. The molecule has 3 aromatic rings. The lowest BCUT2D eigenvalue weighted by molar-refractivity contribution is 0.131. The van der Waals surface area contributed by atoms with E-state index in [1.54, 1.807) is 7.11 Å². The van der Waals surface area contributed by atoms with Crippen molar-refractivity contribution >= 4 is 15.9 Å². The molecule has 0 saturated carbocycles. The van der Waals surface area contributed by atoms with Gasteiger partial charge in [0.05, 0.1) is 13.2 Å². The third-order valence-corrected chi connectivity index (χ3v) is 4.26. The van der Waals surface area contributed by atoms with E-state index in [1.165, 1.54) is 5.56 Å². The highest BCUT2D eigenvalue weighted by molar-refractivity contribution is 9.10. The number of ether oxygens (including phenoxy) is 1. The standard InChI is InChI=1S/C19H20BrN3O2/c1-24-11-10-23(13-15-6-3-2-4-7-15)14-18-21-19(22-25-18)16-8-5-9-17(20)12-16/h2-9,12H,10-11,13-14H2,1H3. The van der Waals surface area contributed by atoms with Gasteiger partial charge >= 0.3 is 0 Å². The normalized spacial score (nSPS) is 11.2. The van der Waals surface area contributed by atoms with Crippen LogP contribution in [0.5, 0.6) is 0 Å². The number of halogens is 1. The Bertz CT molecular complexity index is 792. The number of aromatic nitrogens is 2. The summed E-state index contributed by atoms with van der Waals surface area (Å²) < 4.78 is 11.7. The van der Waals surface area contributed by atoms with Crippen molar-refractivity contribution in [3.05, 3.63) is 70.5 Å². The Morgan fingerprint density at radius 2 is 1.92 bits per heavy atom. The Hall–Kier alpha value is -2.02. The lowest BCUT2D eigenvalue weighted by atomic mass is 10.2. The second kappa shape index (κ2) is 8.89. The predicted octanol–water partition coefficient (Wildman–Crippen LogP) is 4.15. The van der Waals surface area contributed by atoms with Gasteiger partial charge in [0.2, 0.25) is 11.7 Å². The lowest BCUT2D eigenvalue weighted by Crippen LogP contribution is -2.26. The molecule has 2 aromatic carbocycles. The van der Waals surface area contributed by atoms with Crippen LogP contribution < -0.4 is 0 Å². The van der Waals surface area contributed by atoms with Crippen LogP contribution in [-0.4, -0.2) is 35.3 Å². The zero-order chi connectivity index (χ0) is 17.5. The molecule has 25 heavy (non-hydrogen) atoms. The lowest BCUT2D eigenvalue weighted by Gasteiger charge is -2.20. The van der Waals surface area contributed by atoms with Gasteiger partial charge in [-0.05, 0) is 17.7 Å². The predicted molar refractivity (Wildman–Crippen MR) is 99.9 cm³/mol. The minimum Gasteiger partial charge on any atom is -0.383 e. The van der Waals surface area contributed by atoms with Gasteiger partial charge in [-0.3, -0.25) is 4.90 Å². The molecule has 0 aliphatic rings. The van der Waals surface area contributed by atoms with Crippen LogP contribution in [0.1, 0.15) is 11.5 Å². The van der Waals surface area contributed by atoms with Crippen molar-refractivity contribution in [2.75, 3.05) is 20.3 Å². The molecule has 1 heterocycles. The molecule has 0 amide bonds. The van der Waals surface area contributed by atoms with Gasteiger partial charge in [-0.15, -0.1) is 0 Å². The molecule has 1 aromatic heterocycles. The van der Waals surface area contributed by atoms with Gasteiger partial charge in [0.1, 0.15) is 0 Å². The molecule has 3 rings (SSSR count). The molecule has 0 aliphatic carbocycles. The van der Waals surface area contributed by atoms with Crippen LogP contribution >= 0.6 is 15.9 Å². The summed E-state index contributed by atoms with van der Waals surface area (Å²) in [6.07, 6.45) is 0. The van der Waals surface area contributed by atoms with Gasteiger partial charge in [0.25, 0.3) is 0 Å². The molecular weight excluding hydrogens is 382 g/mol. The maximum absolute atomic E-state index is 5.45. The number of hydrogen-bond acceptors (Lipinski definition) is 5. The Kier molecular flexibility index (Phi) is 6.33. The fraction of sp³-hybridized carbons (Fsp3) is 0.263. The molecule has 5 nitrogen and oxygen atoms in total. The van der Waals surface area contributed by atoms with Gasteiger partial charge < -0.3 is 9.26 Å². The van der Waals surface area contributed by atoms with Crippen molar-refractivity contribution in [2.45, 2.75) is 13.1 Å². The van der Waals surface area contributed by atoms with E-state index in [0.717, 1.165) is 23.1 Å². The Balaban J connectivity index is 1.71. The SMILES string of the molecule is COCCN(Cc1ccccc1)Cc1nc(-c2cccc(Br)c2)no1. The van der Waals surface area contributed by atoms with Crippen molar-refractivity contribution < 1.29 is 9.26 Å². The second-order valence-corrected chi connectivity index (χ2v) is 6.63. The summed E-state index contributed by atoms with van der Waals surface area (Å²) in [7, 11) is 1.71. The van der Waals surface area contributed by atoms with Crippen LogP contribution in [0.3, 0.4) is 0 Å². The van der Waals surface area contributed by atoms with Crippen LogP contribution in [-0.2, 0) is 17.8 Å². The highest BCUT2D eigenvalue weighted by Crippen LogP contribution is 2.21. The van der Waals surface area contributed by atoms with Gasteiger partial charge in [-0.2, -0.15) is 4.98 Å². The summed E-state index contributed by atoms with van der Waals surface area (Å²) in [5, 5.41) is 4.10. The fourth-order valence-electron chi connectivity index (χ4n) is 2.53. The first-order valence-electron chi connectivity index (χ1n) is 8.08. The highest BCUT2D eigenvalue weighted by Gasteiger charge is 2.14. The summed E-state index contributed by atoms with van der Waals surface area (Å²) >= 11 is 3.46. The summed E-state index contributed by atoms with van der Waals surface area (Å²) in [4.78, 5) is 6.76. The van der Waals surface area contributed by atoms with Crippen LogP contribution in [0.25, 0.3) is 11.4 Å². The molecule has 0 spiro atoms. The van der Waals surface area contributed by atoms with Gasteiger partial charge in [-0.1, -0.05) is 63.6 Å². The number of hydrogen-bond donors (Lipinski definition) is 0. The van der Waals surface area contributed by atoms with Gasteiger partial charge in [0, 0.05) is 30.2 Å². The minimum absolute atomic E-state index is 0.583. The Morgan fingerprint density at radius 3 is 2.68 bits per heavy atom. The maximum Gasteiger partial charge on any atom is 0.241 e. The monoisotopic (exact) mass is 401 g/mol. The Labute approximate surface area is 155 Å². The molecule has 0 atom stereocenters. The summed E-state index contributed by atoms with van der Waals surface area (Å²) in [5.41, 5.74) is 2.17. The third kappa shape index (κ3) is 5.22. The molecule has 0 unspecified atom stereocenters. The van der Waals surface area contributed by atoms with E-state index in [0.29, 0.717) is 24.9 Å². The maximum atomic E-state index is 5.45. The van der Waals surface area contributed by atoms with Crippen molar-refractivity contribution in [3.63, 3.8) is 0 Å². The van der Waals surface area contributed by atoms with Crippen molar-refractivity contribution in [1.29, 1.82) is 0 Å². The van der Waals surface area contributed by atoms with E-state index >= 15 is 0 Å². The number of nitrogens with zero attached hydrogens (tertiary/aromatic N) is 3. The average Bonchev–Trinajstić information content (AvgIpc) is 3.09.